The number of carboxylic acids is 1. The van der Waals surface area contributed by atoms with Crippen LogP contribution in [0.2, 0.25) is 0 Å². The van der Waals surface area contributed by atoms with Gasteiger partial charge in [0.05, 0.1) is 13.0 Å². The molecule has 1 N–H and O–H groups in total. The summed E-state index contributed by atoms with van der Waals surface area (Å²) in [5.74, 6) is -1.24. The van der Waals surface area contributed by atoms with Crippen molar-refractivity contribution in [2.24, 2.45) is 5.92 Å². The zero-order valence-electron chi connectivity index (χ0n) is 11.2. The van der Waals surface area contributed by atoms with E-state index in [0.29, 0.717) is 29.7 Å². The molecule has 1 aromatic rings. The highest BCUT2D eigenvalue weighted by molar-refractivity contribution is 5.70. The second-order valence-electron chi connectivity index (χ2n) is 4.45. The van der Waals surface area contributed by atoms with Crippen LogP contribution < -0.4 is 4.74 Å². The highest BCUT2D eigenvalue weighted by Gasteiger charge is 2.19. The molecule has 0 aliphatic carbocycles. The molecule has 1 rings (SSSR count). The molecule has 0 spiro atoms. The molecule has 0 fully saturated rings. The minimum absolute atomic E-state index is 0.312. The van der Waals surface area contributed by atoms with Gasteiger partial charge in [-0.1, -0.05) is 13.8 Å². The van der Waals surface area contributed by atoms with Crippen molar-refractivity contribution < 1.29 is 19.0 Å². The Bertz CT molecular complexity index is 455. The summed E-state index contributed by atoms with van der Waals surface area (Å²) in [7, 11) is 1.51. The summed E-state index contributed by atoms with van der Waals surface area (Å²) in [6.07, 6.45) is 0.998. The Morgan fingerprint density at radius 2 is 2.17 bits per heavy atom. The van der Waals surface area contributed by atoms with E-state index < -0.39 is 11.9 Å². The van der Waals surface area contributed by atoms with E-state index in [1.807, 2.05) is 6.92 Å². The molecule has 0 saturated carbocycles. The zero-order valence-corrected chi connectivity index (χ0v) is 11.2. The number of halogens is 1. The monoisotopic (exact) mass is 254 g/mol. The lowest BCUT2D eigenvalue weighted by molar-refractivity contribution is -0.141. The Labute approximate surface area is 107 Å². The van der Waals surface area contributed by atoms with Gasteiger partial charge in [0.25, 0.3) is 0 Å². The van der Waals surface area contributed by atoms with E-state index in [4.69, 9.17) is 9.84 Å². The van der Waals surface area contributed by atoms with Crippen molar-refractivity contribution >= 4 is 5.97 Å². The van der Waals surface area contributed by atoms with Gasteiger partial charge in [-0.2, -0.15) is 0 Å². The third-order valence-electron chi connectivity index (χ3n) is 3.17. The number of methoxy groups -OCH3 is 1. The summed E-state index contributed by atoms with van der Waals surface area (Å²) in [5, 5.41) is 8.93. The Balaban J connectivity index is 3.26. The van der Waals surface area contributed by atoms with E-state index in [1.54, 1.807) is 13.8 Å². The molecule has 0 bridgehead atoms. The normalized spacial score (nSPS) is 12.3. The average molecular weight is 254 g/mol. The van der Waals surface area contributed by atoms with Crippen molar-refractivity contribution in [3.8, 4) is 5.75 Å². The third-order valence-corrected chi connectivity index (χ3v) is 3.17. The molecule has 18 heavy (non-hydrogen) atoms. The van der Waals surface area contributed by atoms with Crippen LogP contribution in [-0.2, 0) is 17.6 Å². The van der Waals surface area contributed by atoms with Crippen molar-refractivity contribution in [2.75, 3.05) is 7.11 Å². The first-order chi connectivity index (χ1) is 8.42. The molecule has 0 saturated heterocycles. The molecular formula is C14H19FO3. The summed E-state index contributed by atoms with van der Waals surface area (Å²) >= 11 is 0. The lowest BCUT2D eigenvalue weighted by Crippen LogP contribution is -2.14. The molecule has 3 nitrogen and oxygen atoms in total. The molecule has 0 aliphatic heterocycles. The minimum Gasteiger partial charge on any atom is -0.496 e. The van der Waals surface area contributed by atoms with Crippen molar-refractivity contribution in [1.29, 1.82) is 0 Å². The highest BCUT2D eigenvalue weighted by atomic mass is 19.1. The number of rotatable bonds is 5. The molecule has 1 aromatic carbocycles. The molecule has 0 aliphatic rings. The fraction of sp³-hybridized carbons (Fsp3) is 0.500. The van der Waals surface area contributed by atoms with Gasteiger partial charge < -0.3 is 9.84 Å². The van der Waals surface area contributed by atoms with E-state index in [0.717, 1.165) is 5.56 Å². The van der Waals surface area contributed by atoms with Crippen molar-refractivity contribution in [2.45, 2.75) is 33.6 Å². The van der Waals surface area contributed by atoms with Crippen LogP contribution in [0.25, 0.3) is 0 Å². The van der Waals surface area contributed by atoms with Crippen molar-refractivity contribution in [3.05, 3.63) is 28.6 Å². The number of carbonyl (C=O) groups is 1. The Morgan fingerprint density at radius 1 is 1.56 bits per heavy atom. The second kappa shape index (κ2) is 5.85. The molecule has 1 unspecified atom stereocenters. The molecule has 0 amide bonds. The molecule has 4 heteroatoms. The first-order valence-corrected chi connectivity index (χ1v) is 5.99. The van der Waals surface area contributed by atoms with Gasteiger partial charge >= 0.3 is 5.97 Å². The van der Waals surface area contributed by atoms with Crippen LogP contribution in [0.1, 0.15) is 30.5 Å². The van der Waals surface area contributed by atoms with Gasteiger partial charge in [-0.15, -0.1) is 0 Å². The summed E-state index contributed by atoms with van der Waals surface area (Å²) in [6, 6.07) is 1.43. The summed E-state index contributed by atoms with van der Waals surface area (Å²) in [5.41, 5.74) is 2.08. The van der Waals surface area contributed by atoms with Gasteiger partial charge in [0.2, 0.25) is 0 Å². The predicted molar refractivity (Wildman–Crippen MR) is 67.6 cm³/mol. The van der Waals surface area contributed by atoms with Crippen LogP contribution in [0.3, 0.4) is 0 Å². The Hall–Kier alpha value is -1.58. The van der Waals surface area contributed by atoms with Crippen molar-refractivity contribution in [1.82, 2.24) is 0 Å². The maximum atomic E-state index is 13.8. The fourth-order valence-electron chi connectivity index (χ4n) is 2.09. The number of carboxylic acid groups (broad SMARTS) is 1. The van der Waals surface area contributed by atoms with Gasteiger partial charge in [0.1, 0.15) is 11.6 Å². The highest BCUT2D eigenvalue weighted by Crippen LogP contribution is 2.31. The number of hydrogen-bond acceptors (Lipinski definition) is 2. The van der Waals surface area contributed by atoms with E-state index in [1.165, 1.54) is 13.2 Å². The second-order valence-corrected chi connectivity index (χ2v) is 4.45. The Kier molecular flexibility index (Phi) is 4.70. The number of aliphatic carboxylic acids is 1. The van der Waals surface area contributed by atoms with Gasteiger partial charge in [0, 0.05) is 5.56 Å². The minimum atomic E-state index is -0.878. The zero-order chi connectivity index (χ0) is 13.9. The van der Waals surface area contributed by atoms with Crippen molar-refractivity contribution in [3.63, 3.8) is 0 Å². The number of hydrogen-bond donors (Lipinski definition) is 1. The van der Waals surface area contributed by atoms with Crippen LogP contribution in [-0.4, -0.2) is 18.2 Å². The van der Waals surface area contributed by atoms with E-state index in [-0.39, 0.29) is 5.82 Å². The lowest BCUT2D eigenvalue weighted by atomic mass is 9.93. The molecule has 0 heterocycles. The van der Waals surface area contributed by atoms with Crippen LogP contribution in [0.15, 0.2) is 6.07 Å². The first kappa shape index (κ1) is 14.5. The maximum Gasteiger partial charge on any atom is 0.306 e. The maximum absolute atomic E-state index is 13.8. The summed E-state index contributed by atoms with van der Waals surface area (Å²) < 4.78 is 19.0. The van der Waals surface area contributed by atoms with E-state index >= 15 is 0 Å². The molecule has 1 atom stereocenters. The largest absolute Gasteiger partial charge is 0.496 e. The van der Waals surface area contributed by atoms with E-state index in [2.05, 4.69) is 0 Å². The van der Waals surface area contributed by atoms with Crippen LogP contribution in [0.5, 0.6) is 5.75 Å². The molecular weight excluding hydrogens is 235 g/mol. The van der Waals surface area contributed by atoms with Crippen LogP contribution in [0, 0.1) is 18.7 Å². The lowest BCUT2D eigenvalue weighted by Gasteiger charge is -2.17. The fourth-order valence-corrected chi connectivity index (χ4v) is 2.09. The van der Waals surface area contributed by atoms with Gasteiger partial charge in [-0.05, 0) is 37.0 Å². The third kappa shape index (κ3) is 2.81. The van der Waals surface area contributed by atoms with Gasteiger partial charge in [-0.25, -0.2) is 4.39 Å². The van der Waals surface area contributed by atoms with Crippen LogP contribution in [0.4, 0.5) is 4.39 Å². The summed E-state index contributed by atoms with van der Waals surface area (Å²) in [4.78, 5) is 10.9. The average Bonchev–Trinajstić information content (AvgIpc) is 2.32. The smallest absolute Gasteiger partial charge is 0.306 e. The molecule has 100 valence electrons. The Morgan fingerprint density at radius 3 is 2.61 bits per heavy atom. The summed E-state index contributed by atoms with van der Waals surface area (Å²) in [6.45, 7) is 5.23. The SMILES string of the molecule is CCc1c(CC(C)C(=O)O)cc(F)c(C)c1OC. The molecule has 0 radical (unpaired) electrons. The number of ether oxygens (including phenoxy) is 1. The van der Waals surface area contributed by atoms with Crippen LogP contribution >= 0.6 is 0 Å². The molecule has 0 aromatic heterocycles. The standard InChI is InChI=1S/C14H19FO3/c1-5-11-10(6-8(2)14(16)17)7-12(15)9(3)13(11)18-4/h7-8H,5-6H2,1-4H3,(H,16,17). The van der Waals surface area contributed by atoms with E-state index in [9.17, 15) is 9.18 Å². The predicted octanol–water partition coefficient (Wildman–Crippen LogP) is 2.97. The quantitative estimate of drug-likeness (QED) is 0.878. The van der Waals surface area contributed by atoms with Gasteiger partial charge in [-0.3, -0.25) is 4.79 Å². The van der Waals surface area contributed by atoms with Gasteiger partial charge in [0.15, 0.2) is 0 Å². The topological polar surface area (TPSA) is 46.5 Å². The number of benzene rings is 1. The first-order valence-electron chi connectivity index (χ1n) is 5.99.